The third kappa shape index (κ3) is 4.30. The second-order valence-corrected chi connectivity index (χ2v) is 1.97. The third-order valence-electron chi connectivity index (χ3n) is 1.25. The van der Waals surface area contributed by atoms with E-state index in [4.69, 9.17) is 5.11 Å². The second kappa shape index (κ2) is 6.52. The van der Waals surface area contributed by atoms with Crippen LogP contribution in [0.25, 0.3) is 0 Å². The lowest BCUT2D eigenvalue weighted by Gasteiger charge is -2.01. The quantitative estimate of drug-likeness (QED) is 0.436. The molecule has 0 aromatic carbocycles. The summed E-state index contributed by atoms with van der Waals surface area (Å²) in [5.74, 6) is 0. The van der Waals surface area contributed by atoms with Crippen LogP contribution in [-0.2, 0) is 0 Å². The number of allylic oxidation sites excluding steroid dienone is 1. The molecule has 0 aromatic heterocycles. The molecule has 2 heteroatoms. The first-order chi connectivity index (χ1) is 4.85. The molecule has 0 aliphatic rings. The summed E-state index contributed by atoms with van der Waals surface area (Å²) in [7, 11) is 0. The number of hydrogen-bond donors (Lipinski definition) is 2. The van der Waals surface area contributed by atoms with Crippen molar-refractivity contribution >= 4 is 0 Å². The van der Waals surface area contributed by atoms with Gasteiger partial charge in [0.05, 0.1) is 6.61 Å². The van der Waals surface area contributed by atoms with Gasteiger partial charge in [0.2, 0.25) is 0 Å². The normalized spacial score (nSPS) is 11.6. The Morgan fingerprint density at radius 3 is 2.80 bits per heavy atom. The fourth-order valence-electron chi connectivity index (χ4n) is 0.604. The monoisotopic (exact) mass is 141 g/mol. The highest BCUT2D eigenvalue weighted by Crippen LogP contribution is 1.90. The standard InChI is InChI=1S/C8H15NO/c1-3-8(4-2)7-9-5-6-10/h3-4,9-10H,1,5-7H2,2H3/b8-4+. The highest BCUT2D eigenvalue weighted by atomic mass is 16.3. The molecule has 0 heterocycles. The highest BCUT2D eigenvalue weighted by Gasteiger charge is 1.87. The average molecular weight is 141 g/mol. The van der Waals surface area contributed by atoms with E-state index in [1.807, 2.05) is 19.1 Å². The van der Waals surface area contributed by atoms with E-state index in [1.54, 1.807) is 0 Å². The van der Waals surface area contributed by atoms with Gasteiger partial charge < -0.3 is 10.4 Å². The number of nitrogens with one attached hydrogen (secondary N) is 1. The Morgan fingerprint density at radius 1 is 1.70 bits per heavy atom. The van der Waals surface area contributed by atoms with Gasteiger partial charge in [-0.2, -0.15) is 0 Å². The zero-order valence-electron chi connectivity index (χ0n) is 6.43. The van der Waals surface area contributed by atoms with Crippen LogP contribution in [-0.4, -0.2) is 24.8 Å². The van der Waals surface area contributed by atoms with Gasteiger partial charge in [-0.05, 0) is 12.5 Å². The fraction of sp³-hybridized carbons (Fsp3) is 0.500. The Morgan fingerprint density at radius 2 is 2.40 bits per heavy atom. The summed E-state index contributed by atoms with van der Waals surface area (Å²) in [4.78, 5) is 0. The number of rotatable bonds is 5. The van der Waals surface area contributed by atoms with Crippen LogP contribution >= 0.6 is 0 Å². The van der Waals surface area contributed by atoms with Gasteiger partial charge in [-0.25, -0.2) is 0 Å². The molecule has 0 unspecified atom stereocenters. The Bertz CT molecular complexity index is 118. The molecule has 0 radical (unpaired) electrons. The van der Waals surface area contributed by atoms with Crippen LogP contribution in [0, 0.1) is 0 Å². The predicted molar refractivity (Wildman–Crippen MR) is 43.9 cm³/mol. The average Bonchev–Trinajstić information content (AvgIpc) is 1.99. The van der Waals surface area contributed by atoms with E-state index in [0.717, 1.165) is 12.1 Å². The molecule has 58 valence electrons. The molecule has 0 bridgehead atoms. The van der Waals surface area contributed by atoms with Crippen molar-refractivity contribution in [1.29, 1.82) is 0 Å². The molecule has 10 heavy (non-hydrogen) atoms. The molecule has 0 fully saturated rings. The summed E-state index contributed by atoms with van der Waals surface area (Å²) >= 11 is 0. The molecule has 0 spiro atoms. The topological polar surface area (TPSA) is 32.3 Å². The Balaban J connectivity index is 3.36. The van der Waals surface area contributed by atoms with E-state index in [1.165, 1.54) is 0 Å². The summed E-state index contributed by atoms with van der Waals surface area (Å²) in [5, 5.41) is 11.5. The molecule has 0 saturated heterocycles. The third-order valence-corrected chi connectivity index (χ3v) is 1.25. The number of aliphatic hydroxyl groups is 1. The minimum atomic E-state index is 0.189. The lowest BCUT2D eigenvalue weighted by Crippen LogP contribution is -2.20. The summed E-state index contributed by atoms with van der Waals surface area (Å²) in [6.07, 6.45) is 3.81. The van der Waals surface area contributed by atoms with Crippen LogP contribution in [0.1, 0.15) is 6.92 Å². The van der Waals surface area contributed by atoms with Gasteiger partial charge >= 0.3 is 0 Å². The lowest BCUT2D eigenvalue weighted by molar-refractivity contribution is 0.294. The summed E-state index contributed by atoms with van der Waals surface area (Å²) < 4.78 is 0. The molecule has 2 N–H and O–H groups in total. The van der Waals surface area contributed by atoms with Crippen LogP contribution < -0.4 is 5.32 Å². The first-order valence-corrected chi connectivity index (χ1v) is 3.44. The maximum Gasteiger partial charge on any atom is 0.0556 e. The van der Waals surface area contributed by atoms with Crippen molar-refractivity contribution < 1.29 is 5.11 Å². The zero-order chi connectivity index (χ0) is 7.82. The van der Waals surface area contributed by atoms with Gasteiger partial charge in [-0.1, -0.05) is 18.7 Å². The van der Waals surface area contributed by atoms with Crippen molar-refractivity contribution in [2.45, 2.75) is 6.92 Å². The second-order valence-electron chi connectivity index (χ2n) is 1.97. The zero-order valence-corrected chi connectivity index (χ0v) is 6.43. The molecular formula is C8H15NO. The maximum absolute atomic E-state index is 8.42. The van der Waals surface area contributed by atoms with Gasteiger partial charge in [0.1, 0.15) is 0 Å². The fourth-order valence-corrected chi connectivity index (χ4v) is 0.604. The van der Waals surface area contributed by atoms with Crippen molar-refractivity contribution in [2.75, 3.05) is 19.7 Å². The molecule has 0 saturated carbocycles. The summed E-state index contributed by atoms with van der Waals surface area (Å²) in [6.45, 7) is 7.23. The number of aliphatic hydroxyl groups excluding tert-OH is 1. The minimum absolute atomic E-state index is 0.189. The molecular weight excluding hydrogens is 126 g/mol. The highest BCUT2D eigenvalue weighted by molar-refractivity contribution is 5.16. The van der Waals surface area contributed by atoms with Crippen molar-refractivity contribution in [2.24, 2.45) is 0 Å². The van der Waals surface area contributed by atoms with Crippen LogP contribution in [0.3, 0.4) is 0 Å². The molecule has 0 rings (SSSR count). The van der Waals surface area contributed by atoms with Crippen LogP contribution in [0.5, 0.6) is 0 Å². The summed E-state index contributed by atoms with van der Waals surface area (Å²) in [6, 6.07) is 0. The minimum Gasteiger partial charge on any atom is -0.395 e. The lowest BCUT2D eigenvalue weighted by atomic mass is 10.2. The largest absolute Gasteiger partial charge is 0.395 e. The van der Waals surface area contributed by atoms with E-state index >= 15 is 0 Å². The van der Waals surface area contributed by atoms with E-state index < -0.39 is 0 Å². The van der Waals surface area contributed by atoms with E-state index in [9.17, 15) is 0 Å². The van der Waals surface area contributed by atoms with Gasteiger partial charge in [-0.3, -0.25) is 0 Å². The van der Waals surface area contributed by atoms with Gasteiger partial charge in [0.15, 0.2) is 0 Å². The van der Waals surface area contributed by atoms with Gasteiger partial charge in [0.25, 0.3) is 0 Å². The first kappa shape index (κ1) is 9.40. The van der Waals surface area contributed by atoms with Crippen molar-refractivity contribution in [3.8, 4) is 0 Å². The van der Waals surface area contributed by atoms with Crippen LogP contribution in [0.15, 0.2) is 24.3 Å². The molecule has 0 aliphatic heterocycles. The Kier molecular flexibility index (Phi) is 6.13. The van der Waals surface area contributed by atoms with E-state index in [0.29, 0.717) is 6.54 Å². The van der Waals surface area contributed by atoms with Gasteiger partial charge in [0, 0.05) is 13.1 Å². The smallest absolute Gasteiger partial charge is 0.0556 e. The van der Waals surface area contributed by atoms with Crippen molar-refractivity contribution in [3.05, 3.63) is 24.3 Å². The van der Waals surface area contributed by atoms with Crippen LogP contribution in [0.4, 0.5) is 0 Å². The predicted octanol–water partition coefficient (Wildman–Crippen LogP) is 0.701. The molecule has 0 atom stereocenters. The Labute approximate surface area is 62.3 Å². The van der Waals surface area contributed by atoms with Crippen molar-refractivity contribution in [3.63, 3.8) is 0 Å². The molecule has 0 aliphatic carbocycles. The van der Waals surface area contributed by atoms with E-state index in [2.05, 4.69) is 11.9 Å². The van der Waals surface area contributed by atoms with Crippen molar-refractivity contribution in [1.82, 2.24) is 5.32 Å². The maximum atomic E-state index is 8.42. The summed E-state index contributed by atoms with van der Waals surface area (Å²) in [5.41, 5.74) is 1.16. The first-order valence-electron chi connectivity index (χ1n) is 3.44. The SMILES string of the molecule is C=C/C(=C\C)CNCCO. The Hall–Kier alpha value is -0.600. The molecule has 0 amide bonds. The number of hydrogen-bond acceptors (Lipinski definition) is 2. The van der Waals surface area contributed by atoms with Crippen LogP contribution in [0.2, 0.25) is 0 Å². The molecule has 0 aromatic rings. The van der Waals surface area contributed by atoms with Gasteiger partial charge in [-0.15, -0.1) is 0 Å². The van der Waals surface area contributed by atoms with E-state index in [-0.39, 0.29) is 6.61 Å². The molecule has 2 nitrogen and oxygen atoms in total.